The molecule has 3 aromatic heterocycles. The number of nitriles is 1. The number of nitrogens with one attached hydrogen (secondary N) is 1. The molecule has 172 valence electrons. The maximum atomic E-state index is 12.8. The van der Waals surface area contributed by atoms with Crippen molar-refractivity contribution in [3.63, 3.8) is 0 Å². The van der Waals surface area contributed by atoms with E-state index in [1.807, 2.05) is 25.1 Å². The summed E-state index contributed by atoms with van der Waals surface area (Å²) in [5, 5.41) is 30.4. The molecule has 0 radical (unpaired) electrons. The zero-order valence-corrected chi connectivity index (χ0v) is 18.6. The molecule has 0 fully saturated rings. The van der Waals surface area contributed by atoms with Crippen LogP contribution in [0, 0.1) is 11.3 Å². The second-order valence-corrected chi connectivity index (χ2v) is 7.74. The minimum atomic E-state index is -0.790. The summed E-state index contributed by atoms with van der Waals surface area (Å²) in [6.45, 7) is 1.84. The van der Waals surface area contributed by atoms with Gasteiger partial charge in [-0.3, -0.25) is 18.8 Å². The van der Waals surface area contributed by atoms with Gasteiger partial charge < -0.3 is 14.9 Å². The first kappa shape index (κ1) is 22.5. The first-order chi connectivity index (χ1) is 16.3. The Morgan fingerprint density at radius 1 is 1.26 bits per heavy atom. The van der Waals surface area contributed by atoms with Crippen molar-refractivity contribution in [1.29, 1.82) is 5.26 Å². The van der Waals surface area contributed by atoms with Crippen LogP contribution < -0.4 is 10.9 Å². The molecule has 0 bridgehead atoms. The van der Waals surface area contributed by atoms with Crippen molar-refractivity contribution in [2.75, 3.05) is 5.32 Å². The molecule has 34 heavy (non-hydrogen) atoms. The molecule has 2 unspecified atom stereocenters. The third kappa shape index (κ3) is 3.93. The Balaban J connectivity index is 1.87. The van der Waals surface area contributed by atoms with Crippen LogP contribution >= 0.6 is 0 Å². The van der Waals surface area contributed by atoms with E-state index in [1.54, 1.807) is 30.1 Å². The van der Waals surface area contributed by atoms with Crippen LogP contribution in [0.4, 0.5) is 5.69 Å². The predicted molar refractivity (Wildman–Crippen MR) is 120 cm³/mol. The molecule has 2 N–H and O–H groups in total. The molecule has 1 aromatic carbocycles. The number of benzene rings is 1. The predicted octanol–water partition coefficient (Wildman–Crippen LogP) is 2.27. The summed E-state index contributed by atoms with van der Waals surface area (Å²) in [6, 6.07) is 11.2. The second kappa shape index (κ2) is 9.03. The van der Waals surface area contributed by atoms with Crippen molar-refractivity contribution in [2.24, 2.45) is 14.1 Å². The van der Waals surface area contributed by atoms with Crippen LogP contribution in [-0.2, 0) is 14.1 Å². The number of aromatic nitrogens is 5. The van der Waals surface area contributed by atoms with E-state index in [2.05, 4.69) is 26.6 Å². The van der Waals surface area contributed by atoms with Crippen molar-refractivity contribution < 1.29 is 14.4 Å². The number of hydrogen-bond donors (Lipinski definition) is 2. The topological polar surface area (TPSA) is 152 Å². The highest BCUT2D eigenvalue weighted by Gasteiger charge is 2.32. The molecular formula is C23H21N7O4. The number of aryl methyl sites for hydroxylation is 1. The van der Waals surface area contributed by atoms with Gasteiger partial charge in [0.2, 0.25) is 5.75 Å². The largest absolute Gasteiger partial charge is 0.501 e. The Bertz CT molecular complexity index is 1450. The average molecular weight is 459 g/mol. The molecule has 0 aliphatic heterocycles. The molecule has 0 spiro atoms. The van der Waals surface area contributed by atoms with E-state index in [0.29, 0.717) is 5.56 Å². The van der Waals surface area contributed by atoms with Gasteiger partial charge in [0.25, 0.3) is 11.5 Å². The lowest BCUT2D eigenvalue weighted by Gasteiger charge is -2.27. The average Bonchev–Trinajstić information content (AvgIpc) is 3.50. The Hall–Kier alpha value is -4.72. The van der Waals surface area contributed by atoms with Crippen molar-refractivity contribution in [1.82, 2.24) is 24.5 Å². The molecule has 2 atom stereocenters. The molecule has 0 saturated carbocycles. The number of amides is 1. The van der Waals surface area contributed by atoms with Gasteiger partial charge in [-0.1, -0.05) is 30.3 Å². The van der Waals surface area contributed by atoms with Gasteiger partial charge in [0.1, 0.15) is 17.8 Å². The van der Waals surface area contributed by atoms with Crippen molar-refractivity contribution in [3.8, 4) is 11.8 Å². The second-order valence-electron chi connectivity index (χ2n) is 7.74. The van der Waals surface area contributed by atoms with Crippen LogP contribution in [0.3, 0.4) is 0 Å². The maximum absolute atomic E-state index is 12.8. The standard InChI is InChI=1S/C23H21N7O4/c1-13(18(17-8-9-25-30(17)3)16-7-5-4-6-14(16)10-24)21-28-19(20(31)23(33)29(21)2)22(32)27-15-11-26-34-12-15/h4-9,11-13,18,31H,1-3H3,(H,27,32). The third-order valence-electron chi connectivity index (χ3n) is 5.71. The van der Waals surface area contributed by atoms with Crippen molar-refractivity contribution in [3.05, 3.63) is 87.7 Å². The van der Waals surface area contributed by atoms with Crippen molar-refractivity contribution in [2.45, 2.75) is 18.8 Å². The molecule has 0 aliphatic rings. The smallest absolute Gasteiger partial charge is 0.296 e. The van der Waals surface area contributed by atoms with E-state index in [-0.39, 0.29) is 11.5 Å². The van der Waals surface area contributed by atoms with Crippen LogP contribution in [0.5, 0.6) is 5.75 Å². The normalized spacial score (nSPS) is 12.6. The van der Waals surface area contributed by atoms with Gasteiger partial charge >= 0.3 is 0 Å². The quantitative estimate of drug-likeness (QED) is 0.445. The Morgan fingerprint density at radius 2 is 2.03 bits per heavy atom. The first-order valence-electron chi connectivity index (χ1n) is 10.3. The number of aromatic hydroxyl groups is 1. The van der Waals surface area contributed by atoms with Crippen LogP contribution in [0.2, 0.25) is 0 Å². The molecule has 4 rings (SSSR count). The van der Waals surface area contributed by atoms with Gasteiger partial charge in [0.05, 0.1) is 17.8 Å². The van der Waals surface area contributed by atoms with E-state index in [9.17, 15) is 20.0 Å². The SMILES string of the molecule is CC(c1nc(C(=O)Nc2cnoc2)c(O)c(=O)n1C)C(c1ccccc1C#N)c1ccnn1C. The van der Waals surface area contributed by atoms with Gasteiger partial charge in [-0.25, -0.2) is 4.98 Å². The lowest BCUT2D eigenvalue weighted by atomic mass is 9.81. The molecule has 0 aliphatic carbocycles. The highest BCUT2D eigenvalue weighted by Crippen LogP contribution is 2.38. The molecule has 3 heterocycles. The van der Waals surface area contributed by atoms with Crippen LogP contribution in [0.1, 0.15) is 51.9 Å². The minimum Gasteiger partial charge on any atom is -0.501 e. The number of nitrogens with zero attached hydrogens (tertiary/aromatic N) is 6. The third-order valence-corrected chi connectivity index (χ3v) is 5.71. The van der Waals surface area contributed by atoms with Crippen molar-refractivity contribution >= 4 is 11.6 Å². The number of carbonyl (C=O) groups excluding carboxylic acids is 1. The molecule has 1 amide bonds. The van der Waals surface area contributed by atoms with Gasteiger partial charge in [-0.05, 0) is 17.7 Å². The number of anilines is 1. The molecule has 0 saturated heterocycles. The lowest BCUT2D eigenvalue weighted by Crippen LogP contribution is -2.30. The Morgan fingerprint density at radius 3 is 2.68 bits per heavy atom. The number of rotatable bonds is 6. The van der Waals surface area contributed by atoms with Gasteiger partial charge in [0.15, 0.2) is 5.69 Å². The first-order valence-corrected chi connectivity index (χ1v) is 10.3. The van der Waals surface area contributed by atoms with E-state index in [4.69, 9.17) is 4.52 Å². The van der Waals surface area contributed by atoms with Gasteiger partial charge in [0, 0.05) is 37.8 Å². The van der Waals surface area contributed by atoms with Crippen LogP contribution in [-0.4, -0.2) is 35.5 Å². The summed E-state index contributed by atoms with van der Waals surface area (Å²) in [4.78, 5) is 30.0. The monoisotopic (exact) mass is 459 g/mol. The highest BCUT2D eigenvalue weighted by atomic mass is 16.5. The minimum absolute atomic E-state index is 0.247. The van der Waals surface area contributed by atoms with E-state index in [1.165, 1.54) is 24.1 Å². The summed E-state index contributed by atoms with van der Waals surface area (Å²) < 4.78 is 7.58. The fourth-order valence-electron chi connectivity index (χ4n) is 4.02. The molecule has 4 aromatic rings. The number of hydrogen-bond acceptors (Lipinski definition) is 8. The molecular weight excluding hydrogens is 438 g/mol. The summed E-state index contributed by atoms with van der Waals surface area (Å²) in [5.41, 5.74) is 1.02. The Kier molecular flexibility index (Phi) is 5.97. The van der Waals surface area contributed by atoms with Crippen LogP contribution in [0.25, 0.3) is 0 Å². The summed E-state index contributed by atoms with van der Waals surface area (Å²) >= 11 is 0. The number of carbonyl (C=O) groups is 1. The fraction of sp³-hybridized carbons (Fsp3) is 0.217. The molecule has 11 nitrogen and oxygen atoms in total. The molecule has 11 heteroatoms. The van der Waals surface area contributed by atoms with E-state index in [0.717, 1.165) is 11.3 Å². The maximum Gasteiger partial charge on any atom is 0.296 e. The summed E-state index contributed by atoms with van der Waals surface area (Å²) in [5.74, 6) is -2.24. The zero-order chi connectivity index (χ0) is 24.4. The highest BCUT2D eigenvalue weighted by molar-refractivity contribution is 6.04. The Labute approximate surface area is 193 Å². The summed E-state index contributed by atoms with van der Waals surface area (Å²) in [7, 11) is 3.25. The fourth-order valence-corrected chi connectivity index (χ4v) is 4.02. The van der Waals surface area contributed by atoms with Crippen LogP contribution in [0.15, 0.2) is 58.3 Å². The zero-order valence-electron chi connectivity index (χ0n) is 18.6. The van der Waals surface area contributed by atoms with E-state index >= 15 is 0 Å². The van der Waals surface area contributed by atoms with E-state index < -0.39 is 34.7 Å². The van der Waals surface area contributed by atoms with Gasteiger partial charge in [-0.2, -0.15) is 10.4 Å². The van der Waals surface area contributed by atoms with Gasteiger partial charge in [-0.15, -0.1) is 0 Å². The lowest BCUT2D eigenvalue weighted by molar-refractivity contribution is 0.101. The summed E-state index contributed by atoms with van der Waals surface area (Å²) in [6.07, 6.45) is 4.12.